The van der Waals surface area contributed by atoms with Crippen LogP contribution in [0.1, 0.15) is 5.56 Å². The lowest BCUT2D eigenvalue weighted by atomic mass is 10.0. The number of benzene rings is 2. The van der Waals surface area contributed by atoms with Gasteiger partial charge in [0.05, 0.1) is 0 Å². The Morgan fingerprint density at radius 3 is 2.72 bits per heavy atom. The Morgan fingerprint density at radius 2 is 2.00 bits per heavy atom. The van der Waals surface area contributed by atoms with Gasteiger partial charge in [-0.05, 0) is 35.3 Å². The molecule has 2 aromatic carbocycles. The monoisotopic (exact) mass is 240 g/mol. The molecule has 0 aliphatic heterocycles. The largest absolute Gasteiger partial charge is 0.317 e. The zero-order valence-electron chi connectivity index (χ0n) is 10.4. The predicted molar refractivity (Wildman–Crippen MR) is 74.5 cm³/mol. The van der Waals surface area contributed by atoms with E-state index >= 15 is 0 Å². The van der Waals surface area contributed by atoms with E-state index in [1.54, 1.807) is 0 Å². The third-order valence-electron chi connectivity index (χ3n) is 3.07. The topological polar surface area (TPSA) is 60.8 Å². The summed E-state index contributed by atoms with van der Waals surface area (Å²) in [6.45, 7) is 0.472. The second kappa shape index (κ2) is 6.05. The van der Waals surface area contributed by atoms with Gasteiger partial charge < -0.3 is 5.32 Å². The lowest BCUT2D eigenvalue weighted by Crippen LogP contribution is -2.30. The maximum absolute atomic E-state index is 8.35. The number of hydrogen-bond donors (Lipinski definition) is 1. The van der Waals surface area contributed by atoms with Crippen LogP contribution in [0.3, 0.4) is 0 Å². The fourth-order valence-electron chi connectivity index (χ4n) is 2.04. The molecule has 0 aliphatic rings. The Kier molecular flexibility index (Phi) is 4.18. The summed E-state index contributed by atoms with van der Waals surface area (Å²) in [4.78, 5) is 2.80. The number of hydrogen-bond acceptors (Lipinski definition) is 2. The molecule has 2 aromatic rings. The van der Waals surface area contributed by atoms with E-state index in [0.29, 0.717) is 6.54 Å². The summed E-state index contributed by atoms with van der Waals surface area (Å²) in [6, 6.07) is 14.9. The van der Waals surface area contributed by atoms with E-state index in [1.165, 1.54) is 16.3 Å². The third-order valence-corrected chi connectivity index (χ3v) is 3.07. The number of rotatable bonds is 5. The van der Waals surface area contributed by atoms with E-state index in [0.717, 1.165) is 6.42 Å². The van der Waals surface area contributed by atoms with Gasteiger partial charge in [-0.2, -0.15) is 0 Å². The molecular formula is C14H16N4. The summed E-state index contributed by atoms with van der Waals surface area (Å²) in [5, 5.41) is 9.28. The Morgan fingerprint density at radius 1 is 1.22 bits per heavy atom. The quantitative estimate of drug-likeness (QED) is 0.486. The van der Waals surface area contributed by atoms with Crippen molar-refractivity contribution in [3.05, 3.63) is 58.5 Å². The maximum Gasteiger partial charge on any atom is 0.0415 e. The summed E-state index contributed by atoms with van der Waals surface area (Å²) in [7, 11) is 1.89. The first-order valence-electron chi connectivity index (χ1n) is 5.99. The van der Waals surface area contributed by atoms with Gasteiger partial charge in [0.25, 0.3) is 0 Å². The zero-order chi connectivity index (χ0) is 12.8. The summed E-state index contributed by atoms with van der Waals surface area (Å²) in [5.41, 5.74) is 9.60. The number of nitrogens with zero attached hydrogens (tertiary/aromatic N) is 3. The molecule has 0 saturated carbocycles. The molecule has 0 aromatic heterocycles. The van der Waals surface area contributed by atoms with Gasteiger partial charge in [-0.25, -0.2) is 0 Å². The van der Waals surface area contributed by atoms with Crippen molar-refractivity contribution in [2.45, 2.75) is 12.5 Å². The van der Waals surface area contributed by atoms with Crippen molar-refractivity contribution in [2.24, 2.45) is 5.11 Å². The molecule has 0 aliphatic carbocycles. The molecule has 1 atom stereocenters. The number of nitrogens with one attached hydrogen (secondary N) is 1. The average molecular weight is 240 g/mol. The lowest BCUT2D eigenvalue weighted by molar-refractivity contribution is 0.568. The van der Waals surface area contributed by atoms with E-state index < -0.39 is 0 Å². The first kappa shape index (κ1) is 12.4. The molecule has 0 radical (unpaired) electrons. The molecule has 4 heteroatoms. The van der Waals surface area contributed by atoms with Crippen molar-refractivity contribution in [2.75, 3.05) is 13.6 Å². The van der Waals surface area contributed by atoms with Gasteiger partial charge in [-0.1, -0.05) is 47.6 Å². The van der Waals surface area contributed by atoms with Crippen LogP contribution < -0.4 is 5.32 Å². The van der Waals surface area contributed by atoms with E-state index in [9.17, 15) is 0 Å². The van der Waals surface area contributed by atoms with Crippen LogP contribution in [-0.4, -0.2) is 19.6 Å². The van der Waals surface area contributed by atoms with Crippen LogP contribution >= 0.6 is 0 Å². The summed E-state index contributed by atoms with van der Waals surface area (Å²) in [6.07, 6.45) is 0.861. The average Bonchev–Trinajstić information content (AvgIpc) is 2.43. The molecule has 2 rings (SSSR count). The van der Waals surface area contributed by atoms with Gasteiger partial charge >= 0.3 is 0 Å². The van der Waals surface area contributed by atoms with Crippen molar-refractivity contribution in [1.82, 2.24) is 5.32 Å². The highest BCUT2D eigenvalue weighted by Crippen LogP contribution is 2.16. The van der Waals surface area contributed by atoms with Crippen molar-refractivity contribution in [3.63, 3.8) is 0 Å². The molecule has 0 heterocycles. The van der Waals surface area contributed by atoms with Crippen molar-refractivity contribution in [3.8, 4) is 0 Å². The van der Waals surface area contributed by atoms with Crippen molar-refractivity contribution >= 4 is 10.8 Å². The highest BCUT2D eigenvalue weighted by molar-refractivity contribution is 5.82. The summed E-state index contributed by atoms with van der Waals surface area (Å²) < 4.78 is 0. The number of azide groups is 1. The number of likely N-dealkylation sites (N-methyl/N-ethyl adjacent to an activating group) is 1. The second-order valence-corrected chi connectivity index (χ2v) is 4.28. The molecule has 1 N–H and O–H groups in total. The fraction of sp³-hybridized carbons (Fsp3) is 0.286. The van der Waals surface area contributed by atoms with E-state index in [4.69, 9.17) is 5.53 Å². The first-order chi connectivity index (χ1) is 8.83. The Hall–Kier alpha value is -2.03. The van der Waals surface area contributed by atoms with E-state index in [2.05, 4.69) is 45.7 Å². The molecule has 92 valence electrons. The fourth-order valence-corrected chi connectivity index (χ4v) is 2.04. The smallest absolute Gasteiger partial charge is 0.0415 e. The van der Waals surface area contributed by atoms with Crippen LogP contribution in [0.15, 0.2) is 47.6 Å². The van der Waals surface area contributed by atoms with E-state index in [-0.39, 0.29) is 6.04 Å². The normalized spacial score (nSPS) is 12.1. The van der Waals surface area contributed by atoms with Crippen LogP contribution in [0.5, 0.6) is 0 Å². The van der Waals surface area contributed by atoms with Gasteiger partial charge in [0.1, 0.15) is 0 Å². The minimum Gasteiger partial charge on any atom is -0.317 e. The zero-order valence-corrected chi connectivity index (χ0v) is 10.4. The van der Waals surface area contributed by atoms with Crippen LogP contribution in [0.2, 0.25) is 0 Å². The highest BCUT2D eigenvalue weighted by Gasteiger charge is 2.06. The van der Waals surface area contributed by atoms with Gasteiger partial charge in [-0.3, -0.25) is 0 Å². The van der Waals surface area contributed by atoms with Gasteiger partial charge in [-0.15, -0.1) is 0 Å². The molecule has 0 bridgehead atoms. The molecule has 18 heavy (non-hydrogen) atoms. The Balaban J connectivity index is 2.17. The SMILES string of the molecule is CN[C@@H](CN=[N+]=[N-])Cc1ccc2ccccc2c1. The highest BCUT2D eigenvalue weighted by atomic mass is 15.1. The molecule has 0 unspecified atom stereocenters. The summed E-state index contributed by atoms with van der Waals surface area (Å²) in [5.74, 6) is 0. The maximum atomic E-state index is 8.35. The summed E-state index contributed by atoms with van der Waals surface area (Å²) >= 11 is 0. The standard InChI is InChI=1S/C14H16N4/c1-16-14(10-17-18-15)9-11-6-7-12-4-2-3-5-13(12)8-11/h2-8,14,16H,9-10H2,1H3/t14-/m1/s1. The Labute approximate surface area is 106 Å². The molecular weight excluding hydrogens is 224 g/mol. The molecule has 0 fully saturated rings. The van der Waals surface area contributed by atoms with Crippen LogP contribution in [0, 0.1) is 0 Å². The van der Waals surface area contributed by atoms with Crippen molar-refractivity contribution < 1.29 is 0 Å². The van der Waals surface area contributed by atoms with Crippen LogP contribution in [0.25, 0.3) is 21.2 Å². The molecule has 0 spiro atoms. The van der Waals surface area contributed by atoms with Gasteiger partial charge in [0.15, 0.2) is 0 Å². The first-order valence-corrected chi connectivity index (χ1v) is 5.99. The van der Waals surface area contributed by atoms with Crippen LogP contribution in [-0.2, 0) is 6.42 Å². The minimum absolute atomic E-state index is 0.182. The molecule has 0 saturated heterocycles. The molecule has 4 nitrogen and oxygen atoms in total. The van der Waals surface area contributed by atoms with Crippen molar-refractivity contribution in [1.29, 1.82) is 0 Å². The molecule has 0 amide bonds. The predicted octanol–water partition coefficient (Wildman–Crippen LogP) is 3.28. The lowest BCUT2D eigenvalue weighted by Gasteiger charge is -2.13. The Bertz CT molecular complexity index is 573. The van der Waals surface area contributed by atoms with Gasteiger partial charge in [0, 0.05) is 17.5 Å². The minimum atomic E-state index is 0.182. The van der Waals surface area contributed by atoms with Gasteiger partial charge in [0.2, 0.25) is 0 Å². The van der Waals surface area contributed by atoms with Crippen LogP contribution in [0.4, 0.5) is 0 Å². The second-order valence-electron chi connectivity index (χ2n) is 4.28. The van der Waals surface area contributed by atoms with E-state index in [1.807, 2.05) is 19.2 Å². The third kappa shape index (κ3) is 3.00. The number of fused-ring (bicyclic) bond motifs is 1.